The first-order chi connectivity index (χ1) is 18.4. The van der Waals surface area contributed by atoms with Crippen molar-refractivity contribution < 1.29 is 9.59 Å². The minimum atomic E-state index is -0.364. The molecule has 4 aromatic rings. The minimum Gasteiger partial charge on any atom is -0.369 e. The number of hydrogen-bond donors (Lipinski definition) is 2. The Morgan fingerprint density at radius 1 is 1.03 bits per heavy atom. The van der Waals surface area contributed by atoms with Crippen molar-refractivity contribution in [3.8, 4) is 0 Å². The number of likely N-dealkylation sites (tertiary alicyclic amines) is 1. The van der Waals surface area contributed by atoms with Crippen LogP contribution in [0.15, 0.2) is 41.2 Å². The Bertz CT molecular complexity index is 1610. The van der Waals surface area contributed by atoms with E-state index >= 15 is 0 Å². The monoisotopic (exact) mass is 515 g/mol. The second-order valence-electron chi connectivity index (χ2n) is 10.4. The smallest absolute Gasteiger partial charge is 0.259 e. The van der Waals surface area contributed by atoms with Crippen molar-refractivity contribution in [1.82, 2.24) is 24.2 Å². The van der Waals surface area contributed by atoms with Crippen molar-refractivity contribution in [3.63, 3.8) is 0 Å². The first kappa shape index (κ1) is 24.4. The summed E-state index contributed by atoms with van der Waals surface area (Å²) in [6.07, 6.45) is 3.73. The highest BCUT2D eigenvalue weighted by Crippen LogP contribution is 2.28. The van der Waals surface area contributed by atoms with Gasteiger partial charge in [-0.25, -0.2) is 4.98 Å². The summed E-state index contributed by atoms with van der Waals surface area (Å²) in [7, 11) is 1.88. The highest BCUT2D eigenvalue weighted by atomic mass is 16.2. The van der Waals surface area contributed by atoms with Crippen LogP contribution in [-0.4, -0.2) is 69.9 Å². The maximum Gasteiger partial charge on any atom is 0.259 e. The number of fused-ring (bicyclic) bond motifs is 5. The van der Waals surface area contributed by atoms with E-state index in [1.54, 1.807) is 6.07 Å². The van der Waals surface area contributed by atoms with E-state index in [4.69, 9.17) is 10.7 Å². The van der Waals surface area contributed by atoms with Crippen molar-refractivity contribution in [2.45, 2.75) is 25.7 Å². The Morgan fingerprint density at radius 3 is 2.45 bits per heavy atom. The molecule has 6 rings (SSSR count). The van der Waals surface area contributed by atoms with E-state index in [2.05, 4.69) is 15.1 Å². The number of imidazole rings is 1. The van der Waals surface area contributed by atoms with Gasteiger partial charge in [-0.1, -0.05) is 12.1 Å². The van der Waals surface area contributed by atoms with Gasteiger partial charge in [-0.05, 0) is 63.0 Å². The van der Waals surface area contributed by atoms with Crippen LogP contribution in [0.4, 0.5) is 5.82 Å². The third-order valence-electron chi connectivity index (χ3n) is 8.14. The number of aromatic nitrogens is 3. The summed E-state index contributed by atoms with van der Waals surface area (Å²) in [6.45, 7) is 4.70. The van der Waals surface area contributed by atoms with E-state index in [9.17, 15) is 14.4 Å². The molecule has 2 fully saturated rings. The number of carbonyl (C=O) groups excluding carboxylic acids is 2. The molecule has 198 valence electrons. The number of pyridine rings is 2. The standard InChI is InChI=1S/C28H33N7O3/c1-32-20-6-2-3-7-21(20)35-26-19(8-9-22(31-26)34-15-10-18(11-16-34)25(29)37)24(36)23(28(32)35)27(38)30-12-17-33-13-4-5-14-33/h2-3,6-9,18H,4-5,10-17H2,1H3,(H2,29,37)(H,30,38). The average molecular weight is 516 g/mol. The van der Waals surface area contributed by atoms with Crippen molar-refractivity contribution in [2.75, 3.05) is 44.2 Å². The molecule has 1 aromatic carbocycles. The average Bonchev–Trinajstić information content (AvgIpc) is 3.55. The first-order valence-electron chi connectivity index (χ1n) is 13.4. The predicted molar refractivity (Wildman–Crippen MR) is 148 cm³/mol. The zero-order valence-corrected chi connectivity index (χ0v) is 21.7. The number of piperidine rings is 1. The van der Waals surface area contributed by atoms with Gasteiger partial charge >= 0.3 is 0 Å². The Labute approximate surface area is 220 Å². The van der Waals surface area contributed by atoms with E-state index in [1.807, 2.05) is 46.3 Å². The van der Waals surface area contributed by atoms with Crippen LogP contribution in [0, 0.1) is 5.92 Å². The topological polar surface area (TPSA) is 118 Å². The molecule has 0 spiro atoms. The van der Waals surface area contributed by atoms with E-state index < -0.39 is 0 Å². The van der Waals surface area contributed by atoms with Crippen LogP contribution in [0.2, 0.25) is 0 Å². The Balaban J connectivity index is 1.45. The lowest BCUT2D eigenvalue weighted by Gasteiger charge is -2.31. The van der Waals surface area contributed by atoms with Crippen LogP contribution in [0.25, 0.3) is 27.7 Å². The molecule has 2 aliphatic heterocycles. The van der Waals surface area contributed by atoms with E-state index in [0.29, 0.717) is 49.2 Å². The summed E-state index contributed by atoms with van der Waals surface area (Å²) in [5.41, 5.74) is 8.14. The Hall–Kier alpha value is -3.92. The van der Waals surface area contributed by atoms with Crippen molar-refractivity contribution in [3.05, 3.63) is 52.2 Å². The molecule has 0 radical (unpaired) electrons. The van der Waals surface area contributed by atoms with Gasteiger partial charge < -0.3 is 25.4 Å². The molecule has 0 atom stereocenters. The van der Waals surface area contributed by atoms with Gasteiger partial charge in [0.1, 0.15) is 17.0 Å². The highest BCUT2D eigenvalue weighted by Gasteiger charge is 2.27. The first-order valence-corrected chi connectivity index (χ1v) is 13.4. The number of aryl methyl sites for hydroxylation is 1. The molecule has 0 aliphatic carbocycles. The van der Waals surface area contributed by atoms with Crippen LogP contribution >= 0.6 is 0 Å². The van der Waals surface area contributed by atoms with Crippen LogP contribution in [0.1, 0.15) is 36.0 Å². The molecule has 10 nitrogen and oxygen atoms in total. The van der Waals surface area contributed by atoms with Crippen molar-refractivity contribution in [1.29, 1.82) is 0 Å². The molecule has 2 aliphatic rings. The number of amides is 2. The fourth-order valence-electron chi connectivity index (χ4n) is 6.03. The lowest BCUT2D eigenvalue weighted by molar-refractivity contribution is -0.122. The van der Waals surface area contributed by atoms with Gasteiger partial charge in [-0.15, -0.1) is 0 Å². The maximum atomic E-state index is 13.8. The molecule has 2 amide bonds. The maximum absolute atomic E-state index is 13.8. The second kappa shape index (κ2) is 9.75. The Kier molecular flexibility index (Phi) is 6.27. The number of anilines is 1. The number of rotatable bonds is 6. The fourth-order valence-corrected chi connectivity index (χ4v) is 6.03. The van der Waals surface area contributed by atoms with Crippen LogP contribution in [0.3, 0.4) is 0 Å². The van der Waals surface area contributed by atoms with Crippen LogP contribution < -0.4 is 21.4 Å². The molecule has 3 N–H and O–H groups in total. The summed E-state index contributed by atoms with van der Waals surface area (Å²) in [4.78, 5) is 48.4. The molecule has 3 aromatic heterocycles. The van der Waals surface area contributed by atoms with Gasteiger partial charge in [-0.3, -0.25) is 18.8 Å². The number of nitrogens with one attached hydrogen (secondary N) is 1. The van der Waals surface area contributed by atoms with Crippen LogP contribution in [0.5, 0.6) is 0 Å². The van der Waals surface area contributed by atoms with Crippen LogP contribution in [-0.2, 0) is 11.8 Å². The molecule has 0 bridgehead atoms. The lowest BCUT2D eigenvalue weighted by atomic mass is 9.96. The van der Waals surface area contributed by atoms with Gasteiger partial charge in [0.05, 0.1) is 16.4 Å². The number of nitrogens with two attached hydrogens (primary N) is 1. The number of para-hydroxylation sites is 2. The number of benzene rings is 1. The molecule has 0 saturated carbocycles. The molecule has 5 heterocycles. The SMILES string of the molecule is Cn1c2ccccc2n2c3nc(N4CCC(C(N)=O)CC4)ccc3c(=O)c(C(=O)NCCN3CCCC3)c12. The number of hydrogen-bond acceptors (Lipinski definition) is 6. The minimum absolute atomic E-state index is 0.120. The zero-order valence-electron chi connectivity index (χ0n) is 21.7. The predicted octanol–water partition coefficient (Wildman–Crippen LogP) is 1.87. The van der Waals surface area contributed by atoms with Gasteiger partial charge in [-0.2, -0.15) is 0 Å². The normalized spacial score (nSPS) is 17.1. The highest BCUT2D eigenvalue weighted by molar-refractivity contribution is 6.05. The van der Waals surface area contributed by atoms with E-state index in [0.717, 1.165) is 36.5 Å². The van der Waals surface area contributed by atoms with Crippen molar-refractivity contribution in [2.24, 2.45) is 18.7 Å². The second-order valence-corrected chi connectivity index (χ2v) is 10.4. The summed E-state index contributed by atoms with van der Waals surface area (Å²) in [5.74, 6) is -0.00140. The number of primary amides is 1. The molecule has 38 heavy (non-hydrogen) atoms. The molecular formula is C28H33N7O3. The van der Waals surface area contributed by atoms with Gasteiger partial charge in [0.25, 0.3) is 5.91 Å². The molecular weight excluding hydrogens is 482 g/mol. The van der Waals surface area contributed by atoms with E-state index in [1.165, 1.54) is 12.8 Å². The van der Waals surface area contributed by atoms with Crippen molar-refractivity contribution >= 4 is 45.3 Å². The lowest BCUT2D eigenvalue weighted by Crippen LogP contribution is -2.39. The Morgan fingerprint density at radius 2 is 1.74 bits per heavy atom. The molecule has 0 unspecified atom stereocenters. The van der Waals surface area contributed by atoms with Gasteiger partial charge in [0.2, 0.25) is 11.3 Å². The number of nitrogens with zero attached hydrogens (tertiary/aromatic N) is 5. The third-order valence-corrected chi connectivity index (χ3v) is 8.14. The largest absolute Gasteiger partial charge is 0.369 e. The van der Waals surface area contributed by atoms with Gasteiger partial charge in [0, 0.05) is 39.1 Å². The zero-order chi connectivity index (χ0) is 26.4. The van der Waals surface area contributed by atoms with E-state index in [-0.39, 0.29) is 28.7 Å². The fraction of sp³-hybridized carbons (Fsp3) is 0.429. The molecule has 10 heteroatoms. The van der Waals surface area contributed by atoms with Gasteiger partial charge in [0.15, 0.2) is 5.65 Å². The summed E-state index contributed by atoms with van der Waals surface area (Å²) < 4.78 is 3.83. The third kappa shape index (κ3) is 4.09. The number of carbonyl (C=O) groups is 2. The summed E-state index contributed by atoms with van der Waals surface area (Å²) >= 11 is 0. The molecule has 2 saturated heterocycles. The quantitative estimate of drug-likeness (QED) is 0.405. The summed E-state index contributed by atoms with van der Waals surface area (Å²) in [5, 5.41) is 3.40. The summed E-state index contributed by atoms with van der Waals surface area (Å²) in [6, 6.07) is 11.5.